The Labute approximate surface area is 138 Å². The van der Waals surface area contributed by atoms with E-state index in [1.54, 1.807) is 11.3 Å². The van der Waals surface area contributed by atoms with Crippen molar-refractivity contribution in [3.05, 3.63) is 58.1 Å². The fourth-order valence-electron chi connectivity index (χ4n) is 2.13. The van der Waals surface area contributed by atoms with Crippen LogP contribution in [0.25, 0.3) is 20.8 Å². The van der Waals surface area contributed by atoms with Gasteiger partial charge in [-0.2, -0.15) is 0 Å². The second-order valence-electron chi connectivity index (χ2n) is 4.58. The van der Waals surface area contributed by atoms with Crippen LogP contribution in [0.15, 0.2) is 53.2 Å². The maximum Gasteiger partial charge on any atom is 0.266 e. The van der Waals surface area contributed by atoms with E-state index in [0.29, 0.717) is 4.88 Å². The normalized spacial score (nSPS) is 10.9. The summed E-state index contributed by atoms with van der Waals surface area (Å²) in [6, 6.07) is 13.8. The third-order valence-corrected chi connectivity index (χ3v) is 5.93. The monoisotopic (exact) mass is 342 g/mol. The van der Waals surface area contributed by atoms with Gasteiger partial charge >= 0.3 is 0 Å². The molecule has 108 valence electrons. The molecule has 0 aliphatic heterocycles. The first kappa shape index (κ1) is 13.6. The number of nitrogens with one attached hydrogen (secondary N) is 1. The van der Waals surface area contributed by atoms with E-state index in [1.807, 2.05) is 47.2 Å². The predicted octanol–water partition coefficient (Wildman–Crippen LogP) is 5.34. The number of aromatic nitrogens is 1. The van der Waals surface area contributed by atoms with E-state index < -0.39 is 0 Å². The van der Waals surface area contributed by atoms with Crippen molar-refractivity contribution in [2.75, 3.05) is 5.32 Å². The Balaban J connectivity index is 1.69. The smallest absolute Gasteiger partial charge is 0.266 e. The van der Waals surface area contributed by atoms with Crippen LogP contribution >= 0.6 is 34.0 Å². The fourth-order valence-corrected chi connectivity index (χ4v) is 4.60. The average Bonchev–Trinajstić information content (AvgIpc) is 3.26. The third-order valence-electron chi connectivity index (χ3n) is 3.16. The van der Waals surface area contributed by atoms with Gasteiger partial charge in [-0.15, -0.1) is 34.0 Å². The summed E-state index contributed by atoms with van der Waals surface area (Å²) in [5, 5.41) is 8.65. The number of rotatable bonds is 3. The minimum atomic E-state index is -0.0696. The molecular formula is C16H10N2OS3. The summed E-state index contributed by atoms with van der Waals surface area (Å²) >= 11 is 4.60. The van der Waals surface area contributed by atoms with Crippen molar-refractivity contribution >= 4 is 55.1 Å². The number of fused-ring (bicyclic) bond motifs is 1. The summed E-state index contributed by atoms with van der Waals surface area (Å²) in [5.41, 5.74) is 1.97. The lowest BCUT2D eigenvalue weighted by atomic mass is 10.3. The molecule has 0 aliphatic carbocycles. The number of thiazole rings is 1. The quantitative estimate of drug-likeness (QED) is 0.546. The van der Waals surface area contributed by atoms with Gasteiger partial charge in [-0.25, -0.2) is 4.98 Å². The standard InChI is InChI=1S/C16H10N2OS3/c19-14(13-6-3-8-20-13)18-15-10(7-9-21-15)16-17-11-4-1-2-5-12(11)22-16/h1-9H,(H,18,19). The van der Waals surface area contributed by atoms with Crippen molar-refractivity contribution in [1.29, 1.82) is 0 Å². The molecule has 0 unspecified atom stereocenters. The van der Waals surface area contributed by atoms with E-state index in [-0.39, 0.29) is 5.91 Å². The summed E-state index contributed by atoms with van der Waals surface area (Å²) in [7, 11) is 0. The van der Waals surface area contributed by atoms with Crippen molar-refractivity contribution in [2.45, 2.75) is 0 Å². The Kier molecular flexibility index (Phi) is 3.49. The molecule has 0 atom stereocenters. The highest BCUT2D eigenvalue weighted by molar-refractivity contribution is 7.22. The molecule has 0 spiro atoms. The van der Waals surface area contributed by atoms with Gasteiger partial charge in [0.15, 0.2) is 0 Å². The number of nitrogens with zero attached hydrogens (tertiary/aromatic N) is 1. The molecule has 0 bridgehead atoms. The number of hydrogen-bond donors (Lipinski definition) is 1. The highest BCUT2D eigenvalue weighted by Gasteiger charge is 2.15. The largest absolute Gasteiger partial charge is 0.312 e. The summed E-state index contributed by atoms with van der Waals surface area (Å²) < 4.78 is 1.15. The van der Waals surface area contributed by atoms with Crippen LogP contribution in [0.2, 0.25) is 0 Å². The highest BCUT2D eigenvalue weighted by Crippen LogP contribution is 2.37. The van der Waals surface area contributed by atoms with Gasteiger partial charge in [0.2, 0.25) is 0 Å². The van der Waals surface area contributed by atoms with Gasteiger partial charge in [0.05, 0.1) is 15.1 Å². The first-order chi connectivity index (χ1) is 10.8. The zero-order valence-corrected chi connectivity index (χ0v) is 13.7. The summed E-state index contributed by atoms with van der Waals surface area (Å²) in [6.07, 6.45) is 0. The number of amides is 1. The zero-order valence-electron chi connectivity index (χ0n) is 11.3. The molecule has 0 radical (unpaired) electrons. The van der Waals surface area contributed by atoms with E-state index in [2.05, 4.69) is 16.4 Å². The SMILES string of the molecule is O=C(Nc1sccc1-c1nc2ccccc2s1)c1cccs1. The number of hydrogen-bond acceptors (Lipinski definition) is 5. The van der Waals surface area contributed by atoms with Gasteiger partial charge in [-0.1, -0.05) is 18.2 Å². The molecule has 22 heavy (non-hydrogen) atoms. The van der Waals surface area contributed by atoms with Crippen molar-refractivity contribution in [1.82, 2.24) is 4.98 Å². The highest BCUT2D eigenvalue weighted by atomic mass is 32.1. The summed E-state index contributed by atoms with van der Waals surface area (Å²) in [4.78, 5) is 17.6. The summed E-state index contributed by atoms with van der Waals surface area (Å²) in [5.74, 6) is -0.0696. The third kappa shape index (κ3) is 2.45. The van der Waals surface area contributed by atoms with Crippen LogP contribution in [0.4, 0.5) is 5.00 Å². The number of para-hydroxylation sites is 1. The van der Waals surface area contributed by atoms with Crippen molar-refractivity contribution in [3.8, 4) is 10.6 Å². The van der Waals surface area contributed by atoms with Crippen molar-refractivity contribution < 1.29 is 4.79 Å². The lowest BCUT2D eigenvalue weighted by Gasteiger charge is -2.02. The van der Waals surface area contributed by atoms with Gasteiger partial charge in [-0.05, 0) is 35.0 Å². The first-order valence-electron chi connectivity index (χ1n) is 6.59. The Morgan fingerprint density at radius 3 is 2.73 bits per heavy atom. The molecule has 3 aromatic heterocycles. The van der Waals surface area contributed by atoms with Crippen LogP contribution in [-0.4, -0.2) is 10.9 Å². The second-order valence-corrected chi connectivity index (χ2v) is 7.48. The molecule has 6 heteroatoms. The van der Waals surface area contributed by atoms with Crippen LogP contribution in [0.3, 0.4) is 0 Å². The minimum absolute atomic E-state index is 0.0696. The maximum atomic E-state index is 12.2. The predicted molar refractivity (Wildman–Crippen MR) is 95.2 cm³/mol. The Hall–Kier alpha value is -2.02. The number of carbonyl (C=O) groups is 1. The number of carbonyl (C=O) groups excluding carboxylic acids is 1. The molecule has 0 aliphatic rings. The fraction of sp³-hybridized carbons (Fsp3) is 0. The van der Waals surface area contributed by atoms with Gasteiger partial charge in [0, 0.05) is 5.56 Å². The van der Waals surface area contributed by atoms with Crippen molar-refractivity contribution in [3.63, 3.8) is 0 Å². The van der Waals surface area contributed by atoms with Gasteiger partial charge in [0.1, 0.15) is 10.0 Å². The molecule has 1 aromatic carbocycles. The van der Waals surface area contributed by atoms with E-state index in [1.165, 1.54) is 22.7 Å². The molecule has 0 saturated heterocycles. The second kappa shape index (κ2) is 5.64. The topological polar surface area (TPSA) is 42.0 Å². The van der Waals surface area contributed by atoms with E-state index in [0.717, 1.165) is 25.8 Å². The maximum absolute atomic E-state index is 12.2. The van der Waals surface area contributed by atoms with E-state index in [9.17, 15) is 4.79 Å². The first-order valence-corrected chi connectivity index (χ1v) is 9.17. The molecule has 1 amide bonds. The Morgan fingerprint density at radius 2 is 1.91 bits per heavy atom. The van der Waals surface area contributed by atoms with Crippen LogP contribution in [0.5, 0.6) is 0 Å². The Bertz CT molecular complexity index is 904. The average molecular weight is 342 g/mol. The molecule has 3 nitrogen and oxygen atoms in total. The molecule has 4 rings (SSSR count). The lowest BCUT2D eigenvalue weighted by Crippen LogP contribution is -2.09. The molecule has 3 heterocycles. The molecule has 1 N–H and O–H groups in total. The minimum Gasteiger partial charge on any atom is -0.312 e. The van der Waals surface area contributed by atoms with Gasteiger partial charge in [-0.3, -0.25) is 4.79 Å². The van der Waals surface area contributed by atoms with Crippen LogP contribution in [0.1, 0.15) is 9.67 Å². The number of thiophene rings is 2. The van der Waals surface area contributed by atoms with E-state index in [4.69, 9.17) is 0 Å². The number of anilines is 1. The van der Waals surface area contributed by atoms with Crippen LogP contribution < -0.4 is 5.32 Å². The number of benzene rings is 1. The van der Waals surface area contributed by atoms with E-state index >= 15 is 0 Å². The molecule has 0 fully saturated rings. The van der Waals surface area contributed by atoms with Gasteiger partial charge in [0.25, 0.3) is 5.91 Å². The zero-order chi connectivity index (χ0) is 14.9. The van der Waals surface area contributed by atoms with Gasteiger partial charge < -0.3 is 5.32 Å². The Morgan fingerprint density at radius 1 is 1.00 bits per heavy atom. The molecular weight excluding hydrogens is 332 g/mol. The molecule has 0 saturated carbocycles. The lowest BCUT2D eigenvalue weighted by molar-refractivity contribution is 0.103. The van der Waals surface area contributed by atoms with Crippen LogP contribution in [0, 0.1) is 0 Å². The van der Waals surface area contributed by atoms with Crippen LogP contribution in [-0.2, 0) is 0 Å². The molecule has 4 aromatic rings. The summed E-state index contributed by atoms with van der Waals surface area (Å²) in [6.45, 7) is 0. The van der Waals surface area contributed by atoms with Crippen molar-refractivity contribution in [2.24, 2.45) is 0 Å².